The van der Waals surface area contributed by atoms with Crippen LogP contribution >= 0.6 is 0 Å². The van der Waals surface area contributed by atoms with Crippen LogP contribution in [-0.4, -0.2) is 18.9 Å². The van der Waals surface area contributed by atoms with Crippen LogP contribution in [0.15, 0.2) is 60.7 Å². The lowest BCUT2D eigenvalue weighted by Crippen LogP contribution is -2.24. The molecule has 0 atom stereocenters. The number of nitrogens with one attached hydrogen (secondary N) is 1. The number of hydrogen-bond acceptors (Lipinski definition) is 2. The van der Waals surface area contributed by atoms with E-state index < -0.39 is 0 Å². The first kappa shape index (κ1) is 13.5. The number of benzene rings is 2. The molecule has 2 rings (SSSR count). The quantitative estimate of drug-likeness (QED) is 0.607. The molecule has 0 aliphatic carbocycles. The highest BCUT2D eigenvalue weighted by Gasteiger charge is 2.03. The van der Waals surface area contributed by atoms with Gasteiger partial charge in [0.05, 0.1) is 6.54 Å². The summed E-state index contributed by atoms with van der Waals surface area (Å²) < 4.78 is 0. The van der Waals surface area contributed by atoms with Crippen molar-refractivity contribution in [3.63, 3.8) is 0 Å². The number of ketones is 1. The molecule has 0 saturated carbocycles. The van der Waals surface area contributed by atoms with Gasteiger partial charge in [-0.3, -0.25) is 4.79 Å². The van der Waals surface area contributed by atoms with E-state index in [4.69, 9.17) is 0 Å². The summed E-state index contributed by atoms with van der Waals surface area (Å²) in [5.74, 6) is 0.153. The molecular formula is C17H19NO. The third-order valence-electron chi connectivity index (χ3n) is 3.04. The number of rotatable bonds is 7. The normalized spacial score (nSPS) is 10.3. The smallest absolute Gasteiger partial charge is 0.176 e. The zero-order valence-electron chi connectivity index (χ0n) is 11.0. The largest absolute Gasteiger partial charge is 0.310 e. The fourth-order valence-electron chi connectivity index (χ4n) is 1.99. The molecule has 0 fully saturated rings. The summed E-state index contributed by atoms with van der Waals surface area (Å²) in [7, 11) is 0. The van der Waals surface area contributed by atoms with Gasteiger partial charge in [-0.1, -0.05) is 60.7 Å². The summed E-state index contributed by atoms with van der Waals surface area (Å²) in [4.78, 5) is 11.8. The van der Waals surface area contributed by atoms with Gasteiger partial charge >= 0.3 is 0 Å². The Balaban J connectivity index is 1.63. The van der Waals surface area contributed by atoms with E-state index >= 15 is 0 Å². The second kappa shape index (κ2) is 7.49. The number of aryl methyl sites for hydroxylation is 1. The third kappa shape index (κ3) is 4.68. The molecule has 0 spiro atoms. The van der Waals surface area contributed by atoms with Gasteiger partial charge in [-0.25, -0.2) is 0 Å². The lowest BCUT2D eigenvalue weighted by molar-refractivity contribution is 0.0991. The third-order valence-corrected chi connectivity index (χ3v) is 3.04. The zero-order chi connectivity index (χ0) is 13.3. The highest BCUT2D eigenvalue weighted by molar-refractivity contribution is 5.97. The first-order chi connectivity index (χ1) is 9.36. The highest BCUT2D eigenvalue weighted by Crippen LogP contribution is 2.02. The molecule has 0 radical (unpaired) electrons. The predicted molar refractivity (Wildman–Crippen MR) is 78.4 cm³/mol. The minimum absolute atomic E-state index is 0.153. The molecule has 2 heteroatoms. The maximum atomic E-state index is 11.8. The molecule has 19 heavy (non-hydrogen) atoms. The van der Waals surface area contributed by atoms with Crippen LogP contribution in [0.4, 0.5) is 0 Å². The minimum Gasteiger partial charge on any atom is -0.310 e. The van der Waals surface area contributed by atoms with Crippen LogP contribution in [0.5, 0.6) is 0 Å². The van der Waals surface area contributed by atoms with Crippen LogP contribution in [0.3, 0.4) is 0 Å². The van der Waals surface area contributed by atoms with E-state index in [9.17, 15) is 4.79 Å². The van der Waals surface area contributed by atoms with Crippen molar-refractivity contribution < 1.29 is 4.79 Å². The van der Waals surface area contributed by atoms with E-state index in [1.54, 1.807) is 0 Å². The van der Waals surface area contributed by atoms with Gasteiger partial charge in [0.1, 0.15) is 0 Å². The molecule has 2 nitrogen and oxygen atoms in total. The Bertz CT molecular complexity index is 493. The fourth-order valence-corrected chi connectivity index (χ4v) is 1.99. The predicted octanol–water partition coefficient (Wildman–Crippen LogP) is 3.09. The fraction of sp³-hybridized carbons (Fsp3) is 0.235. The van der Waals surface area contributed by atoms with Crippen molar-refractivity contribution in [1.82, 2.24) is 5.32 Å². The molecule has 0 amide bonds. The summed E-state index contributed by atoms with van der Waals surface area (Å²) in [6, 6.07) is 19.8. The van der Waals surface area contributed by atoms with Crippen molar-refractivity contribution in [3.05, 3.63) is 71.8 Å². The lowest BCUT2D eigenvalue weighted by atomic mass is 10.1. The zero-order valence-corrected chi connectivity index (χ0v) is 11.0. The van der Waals surface area contributed by atoms with Crippen molar-refractivity contribution in [3.8, 4) is 0 Å². The highest BCUT2D eigenvalue weighted by atomic mass is 16.1. The SMILES string of the molecule is O=C(CNCCCc1ccccc1)c1ccccc1. The van der Waals surface area contributed by atoms with Gasteiger partial charge in [0.2, 0.25) is 0 Å². The van der Waals surface area contributed by atoms with Gasteiger partial charge < -0.3 is 5.32 Å². The van der Waals surface area contributed by atoms with Crippen LogP contribution in [0.1, 0.15) is 22.3 Å². The molecule has 2 aromatic rings. The van der Waals surface area contributed by atoms with Crippen LogP contribution in [0.25, 0.3) is 0 Å². The second-order valence-electron chi connectivity index (χ2n) is 4.56. The summed E-state index contributed by atoms with van der Waals surface area (Å²) in [6.45, 7) is 1.28. The van der Waals surface area contributed by atoms with E-state index in [0.29, 0.717) is 6.54 Å². The average Bonchev–Trinajstić information content (AvgIpc) is 2.49. The Kier molecular flexibility index (Phi) is 5.32. The van der Waals surface area contributed by atoms with E-state index in [2.05, 4.69) is 29.6 Å². The van der Waals surface area contributed by atoms with Crippen molar-refractivity contribution >= 4 is 5.78 Å². The number of hydrogen-bond donors (Lipinski definition) is 1. The van der Waals surface area contributed by atoms with E-state index in [1.807, 2.05) is 36.4 Å². The van der Waals surface area contributed by atoms with Gasteiger partial charge in [0.15, 0.2) is 5.78 Å². The molecule has 0 aliphatic heterocycles. The van der Waals surface area contributed by atoms with Gasteiger partial charge in [0.25, 0.3) is 0 Å². The number of carbonyl (C=O) groups excluding carboxylic acids is 1. The molecule has 0 aromatic heterocycles. The molecular weight excluding hydrogens is 234 g/mol. The Morgan fingerprint density at radius 2 is 1.53 bits per heavy atom. The van der Waals surface area contributed by atoms with Crippen molar-refractivity contribution in [2.24, 2.45) is 0 Å². The van der Waals surface area contributed by atoms with Gasteiger partial charge in [-0.05, 0) is 24.9 Å². The molecule has 2 aromatic carbocycles. The van der Waals surface area contributed by atoms with Gasteiger partial charge in [-0.15, -0.1) is 0 Å². The summed E-state index contributed by atoms with van der Waals surface area (Å²) >= 11 is 0. The van der Waals surface area contributed by atoms with E-state index in [-0.39, 0.29) is 5.78 Å². The molecule has 0 aliphatic rings. The number of carbonyl (C=O) groups is 1. The Labute approximate surface area is 114 Å². The topological polar surface area (TPSA) is 29.1 Å². The summed E-state index contributed by atoms with van der Waals surface area (Å²) in [5.41, 5.74) is 2.12. The van der Waals surface area contributed by atoms with Crippen molar-refractivity contribution in [1.29, 1.82) is 0 Å². The second-order valence-corrected chi connectivity index (χ2v) is 4.56. The maximum absolute atomic E-state index is 11.8. The molecule has 0 saturated heterocycles. The molecule has 0 heterocycles. The first-order valence-electron chi connectivity index (χ1n) is 6.69. The van der Waals surface area contributed by atoms with Crippen molar-refractivity contribution in [2.75, 3.05) is 13.1 Å². The number of Topliss-reactive ketones (excluding diaryl/α,β-unsaturated/α-hetero) is 1. The van der Waals surface area contributed by atoms with Gasteiger partial charge in [0, 0.05) is 5.56 Å². The minimum atomic E-state index is 0.153. The molecule has 1 N–H and O–H groups in total. The van der Waals surface area contributed by atoms with Crippen LogP contribution in [0, 0.1) is 0 Å². The van der Waals surface area contributed by atoms with Gasteiger partial charge in [-0.2, -0.15) is 0 Å². The molecule has 0 bridgehead atoms. The Morgan fingerprint density at radius 3 is 2.21 bits per heavy atom. The molecule has 98 valence electrons. The molecule has 0 unspecified atom stereocenters. The van der Waals surface area contributed by atoms with Crippen LogP contribution in [-0.2, 0) is 6.42 Å². The summed E-state index contributed by atoms with van der Waals surface area (Å²) in [6.07, 6.45) is 2.10. The lowest BCUT2D eigenvalue weighted by Gasteiger charge is -2.04. The van der Waals surface area contributed by atoms with E-state index in [1.165, 1.54) is 5.56 Å². The standard InChI is InChI=1S/C17H19NO/c19-17(16-11-5-2-6-12-16)14-18-13-7-10-15-8-3-1-4-9-15/h1-6,8-9,11-12,18H,7,10,13-14H2. The van der Waals surface area contributed by atoms with E-state index in [0.717, 1.165) is 24.9 Å². The van der Waals surface area contributed by atoms with Crippen molar-refractivity contribution in [2.45, 2.75) is 12.8 Å². The summed E-state index contributed by atoms with van der Waals surface area (Å²) in [5, 5.41) is 3.20. The maximum Gasteiger partial charge on any atom is 0.176 e. The van der Waals surface area contributed by atoms with Crippen LogP contribution < -0.4 is 5.32 Å². The average molecular weight is 253 g/mol. The monoisotopic (exact) mass is 253 g/mol. The Morgan fingerprint density at radius 1 is 0.895 bits per heavy atom. The first-order valence-corrected chi connectivity index (χ1v) is 6.69. The Hall–Kier alpha value is -1.93. The van der Waals surface area contributed by atoms with Crippen LogP contribution in [0.2, 0.25) is 0 Å².